The maximum atomic E-state index is 10.4. The van der Waals surface area contributed by atoms with Gasteiger partial charge in [-0.25, -0.2) is 5.01 Å². The first-order valence-corrected chi connectivity index (χ1v) is 3.42. The molecule has 1 aliphatic rings. The van der Waals surface area contributed by atoms with E-state index in [0.29, 0.717) is 6.54 Å². The van der Waals surface area contributed by atoms with Crippen LogP contribution in [0.5, 0.6) is 0 Å². The lowest BCUT2D eigenvalue weighted by atomic mass is 10.00. The quantitative estimate of drug-likeness (QED) is 0.494. The molecular weight excluding hydrogens is 132 g/mol. The van der Waals surface area contributed by atoms with Gasteiger partial charge in [0, 0.05) is 13.1 Å². The van der Waals surface area contributed by atoms with Gasteiger partial charge in [0.2, 0.25) is 0 Å². The lowest BCUT2D eigenvalue weighted by molar-refractivity contribution is -0.143. The van der Waals surface area contributed by atoms with E-state index in [1.807, 2.05) is 0 Å². The third-order valence-electron chi connectivity index (χ3n) is 1.80. The molecule has 0 aliphatic carbocycles. The summed E-state index contributed by atoms with van der Waals surface area (Å²) >= 11 is 0. The summed E-state index contributed by atoms with van der Waals surface area (Å²) in [5, 5.41) is 10.1. The molecule has 0 aromatic heterocycles. The molecule has 0 unspecified atom stereocenters. The van der Waals surface area contributed by atoms with Crippen molar-refractivity contribution in [2.45, 2.75) is 12.8 Å². The van der Waals surface area contributed by atoms with Crippen LogP contribution in [0.1, 0.15) is 12.8 Å². The highest BCUT2D eigenvalue weighted by Gasteiger charge is 2.23. The van der Waals surface area contributed by atoms with Crippen LogP contribution in [0.4, 0.5) is 0 Å². The average Bonchev–Trinajstić information content (AvgIpc) is 1.88. The number of aliphatic carboxylic acids is 1. The lowest BCUT2D eigenvalue weighted by Gasteiger charge is -2.26. The Hall–Kier alpha value is -0.610. The van der Waals surface area contributed by atoms with E-state index in [4.69, 9.17) is 10.9 Å². The van der Waals surface area contributed by atoms with E-state index in [2.05, 4.69) is 0 Å². The summed E-state index contributed by atoms with van der Waals surface area (Å²) < 4.78 is 0. The average molecular weight is 144 g/mol. The molecule has 0 aromatic carbocycles. The number of nitrogens with two attached hydrogens (primary N) is 1. The van der Waals surface area contributed by atoms with Crippen molar-refractivity contribution < 1.29 is 9.90 Å². The smallest absolute Gasteiger partial charge is 0.307 e. The molecule has 0 saturated carbocycles. The van der Waals surface area contributed by atoms with Crippen LogP contribution in [0.3, 0.4) is 0 Å². The van der Waals surface area contributed by atoms with E-state index < -0.39 is 5.97 Å². The largest absolute Gasteiger partial charge is 0.481 e. The minimum absolute atomic E-state index is 0.251. The van der Waals surface area contributed by atoms with Gasteiger partial charge in [-0.05, 0) is 12.8 Å². The van der Waals surface area contributed by atoms with Gasteiger partial charge in [-0.15, -0.1) is 0 Å². The van der Waals surface area contributed by atoms with Gasteiger partial charge in [0.1, 0.15) is 0 Å². The third kappa shape index (κ3) is 1.68. The van der Waals surface area contributed by atoms with E-state index in [1.54, 1.807) is 5.01 Å². The van der Waals surface area contributed by atoms with Gasteiger partial charge in [0.05, 0.1) is 5.92 Å². The highest BCUT2D eigenvalue weighted by Crippen LogP contribution is 2.13. The first-order chi connectivity index (χ1) is 4.70. The fourth-order valence-electron chi connectivity index (χ4n) is 1.21. The maximum Gasteiger partial charge on any atom is 0.307 e. The number of hydrogen-bond donors (Lipinski definition) is 2. The van der Waals surface area contributed by atoms with Crippen molar-refractivity contribution in [3.63, 3.8) is 0 Å². The summed E-state index contributed by atoms with van der Waals surface area (Å²) in [7, 11) is 0. The van der Waals surface area contributed by atoms with Crippen LogP contribution >= 0.6 is 0 Å². The SMILES string of the molecule is NN1CCC[C@@H](C(=O)O)C1. The molecule has 1 fully saturated rings. The summed E-state index contributed by atoms with van der Waals surface area (Å²) in [5.74, 6) is 4.46. The van der Waals surface area contributed by atoms with Crippen LogP contribution in [0.15, 0.2) is 0 Å². The molecular formula is C6H12N2O2. The topological polar surface area (TPSA) is 66.6 Å². The molecule has 1 saturated heterocycles. The van der Waals surface area contributed by atoms with E-state index in [9.17, 15) is 4.79 Å². The Bertz CT molecular complexity index is 138. The molecule has 1 heterocycles. The fourth-order valence-corrected chi connectivity index (χ4v) is 1.21. The van der Waals surface area contributed by atoms with Crippen molar-refractivity contribution >= 4 is 5.97 Å². The molecule has 4 heteroatoms. The molecule has 3 N–H and O–H groups in total. The second-order valence-electron chi connectivity index (χ2n) is 2.67. The summed E-state index contributed by atoms with van der Waals surface area (Å²) in [6.45, 7) is 1.32. The Morgan fingerprint density at radius 3 is 2.80 bits per heavy atom. The monoisotopic (exact) mass is 144 g/mol. The number of hydrogen-bond acceptors (Lipinski definition) is 3. The molecule has 0 amide bonds. The highest BCUT2D eigenvalue weighted by atomic mass is 16.4. The molecule has 0 aromatic rings. The standard InChI is InChI=1S/C6H12N2O2/c7-8-3-1-2-5(4-8)6(9)10/h5H,1-4,7H2,(H,9,10)/t5-/m1/s1. The highest BCUT2D eigenvalue weighted by molar-refractivity contribution is 5.70. The summed E-state index contributed by atoms with van der Waals surface area (Å²) in [6.07, 6.45) is 1.66. The minimum Gasteiger partial charge on any atom is -0.481 e. The van der Waals surface area contributed by atoms with Gasteiger partial charge < -0.3 is 5.11 Å². The van der Waals surface area contributed by atoms with Crippen LogP contribution in [-0.4, -0.2) is 29.2 Å². The van der Waals surface area contributed by atoms with Gasteiger partial charge in [0.25, 0.3) is 0 Å². The zero-order chi connectivity index (χ0) is 7.56. The summed E-state index contributed by atoms with van der Waals surface area (Å²) in [5.41, 5.74) is 0. The van der Waals surface area contributed by atoms with Gasteiger partial charge >= 0.3 is 5.97 Å². The normalized spacial score (nSPS) is 28.3. The maximum absolute atomic E-state index is 10.4. The molecule has 10 heavy (non-hydrogen) atoms. The number of rotatable bonds is 1. The van der Waals surface area contributed by atoms with E-state index in [-0.39, 0.29) is 5.92 Å². The van der Waals surface area contributed by atoms with E-state index >= 15 is 0 Å². The Morgan fingerprint density at radius 1 is 1.70 bits per heavy atom. The number of nitrogens with zero attached hydrogens (tertiary/aromatic N) is 1. The lowest BCUT2D eigenvalue weighted by Crippen LogP contribution is -2.42. The minimum atomic E-state index is -0.727. The van der Waals surface area contributed by atoms with Gasteiger partial charge in [0.15, 0.2) is 0 Å². The van der Waals surface area contributed by atoms with Crippen molar-refractivity contribution in [1.29, 1.82) is 0 Å². The number of piperidine rings is 1. The van der Waals surface area contributed by atoms with Gasteiger partial charge in [-0.1, -0.05) is 0 Å². The zero-order valence-electron chi connectivity index (χ0n) is 5.79. The van der Waals surface area contributed by atoms with Crippen LogP contribution < -0.4 is 5.84 Å². The molecule has 4 nitrogen and oxygen atoms in total. The second kappa shape index (κ2) is 2.98. The molecule has 58 valence electrons. The number of hydrazine groups is 1. The molecule has 1 atom stereocenters. The number of carbonyl (C=O) groups is 1. The Kier molecular flexibility index (Phi) is 2.24. The second-order valence-corrected chi connectivity index (χ2v) is 2.67. The van der Waals surface area contributed by atoms with Crippen molar-refractivity contribution in [2.75, 3.05) is 13.1 Å². The fraction of sp³-hybridized carbons (Fsp3) is 0.833. The van der Waals surface area contributed by atoms with Crippen molar-refractivity contribution in [3.05, 3.63) is 0 Å². The first-order valence-electron chi connectivity index (χ1n) is 3.42. The van der Waals surface area contributed by atoms with Gasteiger partial charge in [-0.3, -0.25) is 10.6 Å². The Morgan fingerprint density at radius 2 is 2.40 bits per heavy atom. The van der Waals surface area contributed by atoms with Crippen LogP contribution in [0.25, 0.3) is 0 Å². The zero-order valence-corrected chi connectivity index (χ0v) is 5.79. The van der Waals surface area contributed by atoms with Crippen LogP contribution in [0, 0.1) is 5.92 Å². The van der Waals surface area contributed by atoms with E-state index in [0.717, 1.165) is 19.4 Å². The van der Waals surface area contributed by atoms with Crippen LogP contribution in [0.2, 0.25) is 0 Å². The predicted octanol–water partition coefficient (Wildman–Crippen LogP) is -0.343. The number of carboxylic acid groups (broad SMARTS) is 1. The number of carboxylic acids is 1. The van der Waals surface area contributed by atoms with Crippen molar-refractivity contribution in [3.8, 4) is 0 Å². The Labute approximate surface area is 59.6 Å². The predicted molar refractivity (Wildman–Crippen MR) is 36.1 cm³/mol. The molecule has 0 radical (unpaired) electrons. The van der Waals surface area contributed by atoms with Gasteiger partial charge in [-0.2, -0.15) is 0 Å². The molecule has 1 aliphatic heterocycles. The molecule has 0 bridgehead atoms. The summed E-state index contributed by atoms with van der Waals surface area (Å²) in [4.78, 5) is 10.4. The van der Waals surface area contributed by atoms with Crippen molar-refractivity contribution in [2.24, 2.45) is 11.8 Å². The summed E-state index contributed by atoms with van der Waals surface area (Å²) in [6, 6.07) is 0. The Balaban J connectivity index is 2.39. The molecule has 1 rings (SSSR count). The molecule has 0 spiro atoms. The first kappa shape index (κ1) is 7.50. The van der Waals surface area contributed by atoms with Crippen molar-refractivity contribution in [1.82, 2.24) is 5.01 Å². The van der Waals surface area contributed by atoms with Crippen LogP contribution in [-0.2, 0) is 4.79 Å². The third-order valence-corrected chi connectivity index (χ3v) is 1.80. The van der Waals surface area contributed by atoms with E-state index in [1.165, 1.54) is 0 Å².